The quantitative estimate of drug-likeness (QED) is 0.732. The van der Waals surface area contributed by atoms with Crippen LogP contribution in [0.5, 0.6) is 0 Å². The Bertz CT molecular complexity index is 404. The Balaban J connectivity index is 3.43. The zero-order valence-electron chi connectivity index (χ0n) is 6.08. The van der Waals surface area contributed by atoms with Gasteiger partial charge in [-0.15, -0.1) is 0 Å². The molecule has 0 aliphatic rings. The van der Waals surface area contributed by atoms with E-state index in [2.05, 4.69) is 20.9 Å². The fourth-order valence-corrected chi connectivity index (χ4v) is 2.69. The number of halogens is 2. The molecule has 1 aromatic rings. The lowest BCUT2D eigenvalue weighted by Gasteiger charge is -2.00. The van der Waals surface area contributed by atoms with Gasteiger partial charge in [0.15, 0.2) is 9.84 Å². The monoisotopic (exact) mass is 269 g/mol. The summed E-state index contributed by atoms with van der Waals surface area (Å²) in [7, 11) is -3.25. The van der Waals surface area contributed by atoms with Gasteiger partial charge >= 0.3 is 0 Å². The number of rotatable bonds is 1. The van der Waals surface area contributed by atoms with Crippen molar-refractivity contribution in [3.63, 3.8) is 0 Å². The maximum Gasteiger partial charge on any atom is 0.178 e. The number of hydrogen-bond acceptors (Lipinski definition) is 3. The first-order valence-corrected chi connectivity index (χ1v) is 5.98. The van der Waals surface area contributed by atoms with E-state index >= 15 is 0 Å². The third kappa shape index (κ3) is 2.18. The first-order chi connectivity index (χ1) is 5.41. The van der Waals surface area contributed by atoms with Crippen molar-refractivity contribution in [3.8, 4) is 0 Å². The molecule has 0 amide bonds. The lowest BCUT2D eigenvalue weighted by molar-refractivity contribution is 0.601. The van der Waals surface area contributed by atoms with E-state index in [-0.39, 0.29) is 9.50 Å². The molecule has 12 heavy (non-hydrogen) atoms. The van der Waals surface area contributed by atoms with Crippen molar-refractivity contribution in [2.75, 3.05) is 6.26 Å². The zero-order valence-corrected chi connectivity index (χ0v) is 9.24. The predicted octanol–water partition coefficient (Wildman–Crippen LogP) is 1.90. The highest BCUT2D eigenvalue weighted by atomic mass is 79.9. The summed E-state index contributed by atoms with van der Waals surface area (Å²) in [6, 6.07) is 1.36. The fraction of sp³-hybridized carbons (Fsp3) is 0.167. The van der Waals surface area contributed by atoms with Gasteiger partial charge in [-0.2, -0.15) is 0 Å². The molecular weight excluding hydrogens is 265 g/mol. The molecule has 0 radical (unpaired) electrons. The van der Waals surface area contributed by atoms with Gasteiger partial charge in [0.25, 0.3) is 0 Å². The van der Waals surface area contributed by atoms with Crippen LogP contribution in [0.15, 0.2) is 21.8 Å². The number of nitrogens with zero attached hydrogens (tertiary/aromatic N) is 1. The Morgan fingerprint density at radius 3 is 2.58 bits per heavy atom. The van der Waals surface area contributed by atoms with Gasteiger partial charge in [0.05, 0.1) is 5.02 Å². The Kier molecular flexibility index (Phi) is 2.75. The van der Waals surface area contributed by atoms with Crippen molar-refractivity contribution in [2.45, 2.75) is 4.90 Å². The van der Waals surface area contributed by atoms with Gasteiger partial charge in [0.2, 0.25) is 0 Å². The molecule has 0 aliphatic carbocycles. The summed E-state index contributed by atoms with van der Waals surface area (Å²) in [6.45, 7) is 0. The largest absolute Gasteiger partial charge is 0.246 e. The van der Waals surface area contributed by atoms with E-state index in [1.165, 1.54) is 12.3 Å². The van der Waals surface area contributed by atoms with Crippen molar-refractivity contribution in [1.29, 1.82) is 0 Å². The predicted molar refractivity (Wildman–Crippen MR) is 50.1 cm³/mol. The molecule has 66 valence electrons. The SMILES string of the molecule is CS(=O)(=O)c1cc(Cl)cnc1Br. The molecular formula is C6H5BrClNO2S. The number of aromatic nitrogens is 1. The molecule has 0 aromatic carbocycles. The molecule has 0 atom stereocenters. The highest BCUT2D eigenvalue weighted by Gasteiger charge is 2.12. The van der Waals surface area contributed by atoms with Crippen molar-refractivity contribution in [1.82, 2.24) is 4.98 Å². The Labute approximate surface area is 83.8 Å². The summed E-state index contributed by atoms with van der Waals surface area (Å²) in [5.41, 5.74) is 0. The van der Waals surface area contributed by atoms with Crippen molar-refractivity contribution in [3.05, 3.63) is 21.9 Å². The second kappa shape index (κ2) is 3.32. The molecule has 3 nitrogen and oxygen atoms in total. The summed E-state index contributed by atoms with van der Waals surface area (Å²) >= 11 is 8.59. The molecule has 0 N–H and O–H groups in total. The molecule has 0 bridgehead atoms. The van der Waals surface area contributed by atoms with Crippen LogP contribution in [0.4, 0.5) is 0 Å². The van der Waals surface area contributed by atoms with E-state index in [0.717, 1.165) is 6.26 Å². The molecule has 0 aliphatic heterocycles. The standard InChI is InChI=1S/C6H5BrClNO2S/c1-12(10,11)5-2-4(8)3-9-6(5)7/h2-3H,1H3. The zero-order chi connectivity index (χ0) is 9.35. The van der Waals surface area contributed by atoms with E-state index < -0.39 is 9.84 Å². The average molecular weight is 271 g/mol. The summed E-state index contributed by atoms with van der Waals surface area (Å²) in [5, 5.41) is 0.304. The van der Waals surface area contributed by atoms with E-state index in [4.69, 9.17) is 11.6 Å². The van der Waals surface area contributed by atoms with Crippen LogP contribution in [0, 0.1) is 0 Å². The van der Waals surface area contributed by atoms with Gasteiger partial charge in [-0.3, -0.25) is 0 Å². The van der Waals surface area contributed by atoms with Crippen molar-refractivity contribution < 1.29 is 8.42 Å². The maximum atomic E-state index is 11.1. The summed E-state index contributed by atoms with van der Waals surface area (Å²) in [6.07, 6.45) is 2.48. The van der Waals surface area contributed by atoms with Gasteiger partial charge in [-0.25, -0.2) is 13.4 Å². The Morgan fingerprint density at radius 2 is 2.17 bits per heavy atom. The smallest absolute Gasteiger partial charge is 0.178 e. The van der Waals surface area contributed by atoms with Gasteiger partial charge in [-0.1, -0.05) is 11.6 Å². The lowest BCUT2D eigenvalue weighted by atomic mass is 10.5. The number of pyridine rings is 1. The molecule has 0 saturated heterocycles. The molecule has 0 saturated carbocycles. The molecule has 1 heterocycles. The van der Waals surface area contributed by atoms with Crippen LogP contribution in [0.1, 0.15) is 0 Å². The van der Waals surface area contributed by atoms with Crippen LogP contribution in [0.3, 0.4) is 0 Å². The summed E-state index contributed by atoms with van der Waals surface area (Å²) < 4.78 is 22.4. The van der Waals surface area contributed by atoms with Crippen LogP contribution in [0.2, 0.25) is 5.02 Å². The van der Waals surface area contributed by atoms with Crippen LogP contribution < -0.4 is 0 Å². The first-order valence-electron chi connectivity index (χ1n) is 2.92. The number of sulfone groups is 1. The van der Waals surface area contributed by atoms with Crippen molar-refractivity contribution in [2.24, 2.45) is 0 Å². The van der Waals surface area contributed by atoms with Crippen LogP contribution in [-0.2, 0) is 9.84 Å². The van der Waals surface area contributed by atoms with E-state index in [1.54, 1.807) is 0 Å². The van der Waals surface area contributed by atoms with Crippen LogP contribution in [0.25, 0.3) is 0 Å². The topological polar surface area (TPSA) is 47.0 Å². The molecule has 1 rings (SSSR count). The third-order valence-corrected chi connectivity index (χ3v) is 3.38. The van der Waals surface area contributed by atoms with Gasteiger partial charge < -0.3 is 0 Å². The molecule has 0 unspecified atom stereocenters. The molecule has 0 fully saturated rings. The minimum Gasteiger partial charge on any atom is -0.246 e. The highest BCUT2D eigenvalue weighted by Crippen LogP contribution is 2.22. The molecule has 6 heteroatoms. The fourth-order valence-electron chi connectivity index (χ4n) is 0.664. The normalized spacial score (nSPS) is 11.6. The number of hydrogen-bond donors (Lipinski definition) is 0. The Morgan fingerprint density at radius 1 is 1.58 bits per heavy atom. The summed E-state index contributed by atoms with van der Waals surface area (Å²) in [5.74, 6) is 0. The van der Waals surface area contributed by atoms with Crippen molar-refractivity contribution >= 4 is 37.4 Å². The first kappa shape index (κ1) is 9.95. The van der Waals surface area contributed by atoms with Gasteiger partial charge in [0.1, 0.15) is 9.50 Å². The maximum absolute atomic E-state index is 11.1. The second-order valence-electron chi connectivity index (χ2n) is 2.21. The van der Waals surface area contributed by atoms with E-state index in [0.29, 0.717) is 5.02 Å². The minimum absolute atomic E-state index is 0.106. The second-order valence-corrected chi connectivity index (χ2v) is 5.39. The van der Waals surface area contributed by atoms with Crippen LogP contribution >= 0.6 is 27.5 Å². The minimum atomic E-state index is -3.25. The van der Waals surface area contributed by atoms with E-state index in [1.807, 2.05) is 0 Å². The third-order valence-electron chi connectivity index (χ3n) is 1.17. The lowest BCUT2D eigenvalue weighted by Crippen LogP contribution is -1.99. The highest BCUT2D eigenvalue weighted by molar-refractivity contribution is 9.10. The molecule has 1 aromatic heterocycles. The average Bonchev–Trinajstić information content (AvgIpc) is 1.92. The Hall–Kier alpha value is -0.130. The van der Waals surface area contributed by atoms with Crippen LogP contribution in [-0.4, -0.2) is 19.7 Å². The summed E-state index contributed by atoms with van der Waals surface area (Å²) in [4.78, 5) is 3.86. The van der Waals surface area contributed by atoms with Gasteiger partial charge in [-0.05, 0) is 22.0 Å². The van der Waals surface area contributed by atoms with Gasteiger partial charge in [0, 0.05) is 12.5 Å². The van der Waals surface area contributed by atoms with E-state index in [9.17, 15) is 8.42 Å². The molecule has 0 spiro atoms.